The van der Waals surface area contributed by atoms with Gasteiger partial charge in [0.15, 0.2) is 5.96 Å². The van der Waals surface area contributed by atoms with Crippen molar-refractivity contribution in [1.29, 1.82) is 0 Å². The Morgan fingerprint density at radius 2 is 1.43 bits per heavy atom. The van der Waals surface area contributed by atoms with E-state index in [-0.39, 0.29) is 23.3 Å². The second-order valence-electron chi connectivity index (χ2n) is 11.5. The fourth-order valence-electron chi connectivity index (χ4n) is 8.07. The Hall–Kier alpha value is -3.60. The largest absolute Gasteiger partial charge is 0.370 e. The van der Waals surface area contributed by atoms with Gasteiger partial charge in [0.2, 0.25) is 0 Å². The summed E-state index contributed by atoms with van der Waals surface area (Å²) in [4.78, 5) is 20.7. The molecule has 3 aromatic rings. The first-order valence-electron chi connectivity index (χ1n) is 13.7. The summed E-state index contributed by atoms with van der Waals surface area (Å²) in [6.45, 7) is 1.54. The Morgan fingerprint density at radius 3 is 2.16 bits per heavy atom. The summed E-state index contributed by atoms with van der Waals surface area (Å²) < 4.78 is 0. The lowest BCUT2D eigenvalue weighted by Crippen LogP contribution is -2.45. The molecule has 7 rings (SSSR count). The maximum Gasteiger partial charge on any atom is 0.254 e. The molecule has 4 unspecified atom stereocenters. The molecule has 0 radical (unpaired) electrons. The van der Waals surface area contributed by atoms with E-state index >= 15 is 0 Å². The molecule has 1 amide bonds. The SMILES string of the molecule is NC(N)=NCC1CCC(CN(C(=O)c2ccccc2)C2C3c4ccccc4C4c5ccccc5C432)CC1. The predicted molar refractivity (Wildman–Crippen MR) is 147 cm³/mol. The van der Waals surface area contributed by atoms with Gasteiger partial charge in [0.1, 0.15) is 0 Å². The maximum absolute atomic E-state index is 14.2. The first kappa shape index (κ1) is 22.6. The van der Waals surface area contributed by atoms with Crippen molar-refractivity contribution in [2.45, 2.75) is 49.0 Å². The fourth-order valence-corrected chi connectivity index (χ4v) is 8.07. The average Bonchev–Trinajstić information content (AvgIpc) is 3.56. The zero-order valence-electron chi connectivity index (χ0n) is 21.1. The number of fused-ring (bicyclic) bond motifs is 5. The highest BCUT2D eigenvalue weighted by Gasteiger charge is 2.81. The molecule has 0 heterocycles. The highest BCUT2D eigenvalue weighted by Crippen LogP contribution is 2.81. The molecule has 0 bridgehead atoms. The van der Waals surface area contributed by atoms with Crippen LogP contribution in [-0.2, 0) is 5.41 Å². The van der Waals surface area contributed by atoms with Gasteiger partial charge in [0.05, 0.1) is 6.04 Å². The number of hydrogen-bond acceptors (Lipinski definition) is 2. The summed E-state index contributed by atoms with van der Waals surface area (Å²) in [5.41, 5.74) is 17.8. The van der Waals surface area contributed by atoms with Crippen molar-refractivity contribution < 1.29 is 4.79 Å². The number of aliphatic imine (C=N–C) groups is 1. The zero-order valence-corrected chi connectivity index (χ0v) is 21.1. The monoisotopic (exact) mass is 490 g/mol. The van der Waals surface area contributed by atoms with E-state index in [0.717, 1.165) is 37.8 Å². The van der Waals surface area contributed by atoms with Crippen molar-refractivity contribution in [1.82, 2.24) is 4.90 Å². The standard InChI is InChI=1S/C32H34N4O/c33-31(34)35-18-20-14-16-21(17-15-20)19-36(30(37)22-8-2-1-3-9-22)29-28-24-11-5-4-10-23(24)27-25-12-6-7-13-26(25)32(27,28)29/h1-13,20-21,27-29H,14-19H2,(H4,33,34,35). The Morgan fingerprint density at radius 1 is 0.811 bits per heavy atom. The van der Waals surface area contributed by atoms with Crippen LogP contribution in [0.1, 0.15) is 70.1 Å². The molecule has 5 nitrogen and oxygen atoms in total. The minimum Gasteiger partial charge on any atom is -0.370 e. The van der Waals surface area contributed by atoms with Crippen LogP contribution in [0.4, 0.5) is 0 Å². The summed E-state index contributed by atoms with van der Waals surface area (Å²) in [5, 5.41) is 0. The van der Waals surface area contributed by atoms with Crippen LogP contribution in [0.5, 0.6) is 0 Å². The van der Waals surface area contributed by atoms with E-state index in [4.69, 9.17) is 11.5 Å². The molecule has 4 aliphatic carbocycles. The van der Waals surface area contributed by atoms with Crippen molar-refractivity contribution in [3.05, 3.63) is 107 Å². The molecule has 1 spiro atoms. The first-order chi connectivity index (χ1) is 18.1. The van der Waals surface area contributed by atoms with Crippen molar-refractivity contribution in [2.24, 2.45) is 28.3 Å². The van der Waals surface area contributed by atoms with Crippen LogP contribution in [0.2, 0.25) is 0 Å². The van der Waals surface area contributed by atoms with Gasteiger partial charge in [-0.15, -0.1) is 0 Å². The molecule has 4 atom stereocenters. The Kier molecular flexibility index (Phi) is 5.17. The lowest BCUT2D eigenvalue weighted by atomic mass is 9.63. The summed E-state index contributed by atoms with van der Waals surface area (Å²) >= 11 is 0. The Bertz CT molecular complexity index is 1370. The predicted octanol–water partition coefficient (Wildman–Crippen LogP) is 4.77. The minimum absolute atomic E-state index is 0.0370. The number of rotatable bonds is 6. The van der Waals surface area contributed by atoms with Crippen molar-refractivity contribution in [3.63, 3.8) is 0 Å². The molecule has 2 fully saturated rings. The molecule has 0 saturated heterocycles. The quantitative estimate of drug-likeness (QED) is 0.386. The molecule has 2 saturated carbocycles. The van der Waals surface area contributed by atoms with Crippen molar-refractivity contribution in [2.75, 3.05) is 13.1 Å². The number of carbonyl (C=O) groups is 1. The van der Waals surface area contributed by atoms with Gasteiger partial charge in [0.25, 0.3) is 5.91 Å². The molecule has 0 aliphatic heterocycles. The smallest absolute Gasteiger partial charge is 0.254 e. The minimum atomic E-state index is 0.0370. The summed E-state index contributed by atoms with van der Waals surface area (Å²) in [5.74, 6) is 2.18. The molecule has 37 heavy (non-hydrogen) atoms. The molecule has 4 N–H and O–H groups in total. The van der Waals surface area contributed by atoms with Crippen molar-refractivity contribution >= 4 is 11.9 Å². The summed E-state index contributed by atoms with van der Waals surface area (Å²) in [6, 6.07) is 28.0. The highest BCUT2D eigenvalue weighted by atomic mass is 16.2. The molecule has 0 aromatic heterocycles. The number of benzene rings is 3. The summed E-state index contributed by atoms with van der Waals surface area (Å²) in [6.07, 6.45) is 4.46. The van der Waals surface area contributed by atoms with Gasteiger partial charge in [0, 0.05) is 35.9 Å². The fraction of sp³-hybridized carbons (Fsp3) is 0.375. The molecular formula is C32H34N4O. The molecule has 4 aliphatic rings. The van der Waals surface area contributed by atoms with Gasteiger partial charge in [-0.25, -0.2) is 0 Å². The topological polar surface area (TPSA) is 84.7 Å². The van der Waals surface area contributed by atoms with Crippen LogP contribution in [0.15, 0.2) is 83.9 Å². The van der Waals surface area contributed by atoms with Gasteiger partial charge in [-0.05, 0) is 71.9 Å². The van der Waals surface area contributed by atoms with E-state index in [1.807, 2.05) is 30.3 Å². The second-order valence-corrected chi connectivity index (χ2v) is 11.5. The average molecular weight is 491 g/mol. The lowest BCUT2D eigenvalue weighted by molar-refractivity contribution is 0.0662. The van der Waals surface area contributed by atoms with Gasteiger partial charge >= 0.3 is 0 Å². The maximum atomic E-state index is 14.2. The number of hydrogen-bond donors (Lipinski definition) is 2. The molecule has 188 valence electrons. The van der Waals surface area contributed by atoms with E-state index in [2.05, 4.69) is 58.4 Å². The summed E-state index contributed by atoms with van der Waals surface area (Å²) in [7, 11) is 0. The van der Waals surface area contributed by atoms with Crippen molar-refractivity contribution in [3.8, 4) is 0 Å². The van der Waals surface area contributed by atoms with Gasteiger partial charge in [-0.3, -0.25) is 9.79 Å². The molecule has 3 aromatic carbocycles. The Labute approximate surface area is 218 Å². The number of carbonyl (C=O) groups excluding carboxylic acids is 1. The van der Waals surface area contributed by atoms with Crippen LogP contribution in [0.3, 0.4) is 0 Å². The van der Waals surface area contributed by atoms with Crippen LogP contribution in [-0.4, -0.2) is 35.9 Å². The third kappa shape index (κ3) is 3.29. The third-order valence-electron chi connectivity index (χ3n) is 9.64. The highest BCUT2D eigenvalue weighted by molar-refractivity contribution is 5.95. The number of nitrogens with zero attached hydrogens (tertiary/aromatic N) is 2. The van der Waals surface area contributed by atoms with Crippen LogP contribution in [0, 0.1) is 11.8 Å². The van der Waals surface area contributed by atoms with Gasteiger partial charge in [-0.2, -0.15) is 0 Å². The van der Waals surface area contributed by atoms with Crippen LogP contribution < -0.4 is 11.5 Å². The third-order valence-corrected chi connectivity index (χ3v) is 9.64. The number of amides is 1. The second kappa shape index (κ2) is 8.47. The van der Waals surface area contributed by atoms with E-state index in [9.17, 15) is 4.79 Å². The van der Waals surface area contributed by atoms with E-state index in [1.54, 1.807) is 0 Å². The van der Waals surface area contributed by atoms with Gasteiger partial charge in [-0.1, -0.05) is 66.7 Å². The van der Waals surface area contributed by atoms with Gasteiger partial charge < -0.3 is 16.4 Å². The Balaban J connectivity index is 1.21. The van der Waals surface area contributed by atoms with E-state index < -0.39 is 0 Å². The number of guanidine groups is 1. The molecule has 5 heteroatoms. The number of nitrogens with two attached hydrogens (primary N) is 2. The van der Waals surface area contributed by atoms with E-state index in [1.165, 1.54) is 22.3 Å². The zero-order chi connectivity index (χ0) is 25.1. The van der Waals surface area contributed by atoms with Crippen LogP contribution >= 0.6 is 0 Å². The van der Waals surface area contributed by atoms with Crippen LogP contribution in [0.25, 0.3) is 0 Å². The first-order valence-corrected chi connectivity index (χ1v) is 13.7. The molecular weight excluding hydrogens is 456 g/mol. The van der Waals surface area contributed by atoms with E-state index in [0.29, 0.717) is 30.2 Å². The normalized spacial score (nSPS) is 30.1. The lowest BCUT2D eigenvalue weighted by Gasteiger charge is -2.43.